The molecule has 0 bridgehead atoms. The summed E-state index contributed by atoms with van der Waals surface area (Å²) in [6.45, 7) is 0. The molecule has 0 saturated carbocycles. The van der Waals surface area contributed by atoms with Crippen molar-refractivity contribution in [2.75, 3.05) is 5.73 Å². The van der Waals surface area contributed by atoms with E-state index in [0.717, 1.165) is 16.4 Å². The number of thiophene rings is 1. The molecule has 2 rings (SSSR count). The molecule has 0 spiro atoms. The van der Waals surface area contributed by atoms with Gasteiger partial charge in [-0.15, -0.1) is 11.3 Å². The maximum Gasteiger partial charge on any atom is 0.151 e. The number of benzene rings is 1. The Hall–Kier alpha value is -1.06. The van der Waals surface area contributed by atoms with Crippen molar-refractivity contribution in [3.8, 4) is 0 Å². The summed E-state index contributed by atoms with van der Waals surface area (Å²) in [5.41, 5.74) is 7.01. The third-order valence-corrected chi connectivity index (χ3v) is 3.11. The fraction of sp³-hybridized carbons (Fsp3) is 0. The van der Waals surface area contributed by atoms with E-state index in [2.05, 4.69) is 0 Å². The standard InChI is InChI=1S/C9H6ClNOS/c10-6-1-7-5(3-12)4-13-9(7)8(11)2-6/h1-4H,11H2. The highest BCUT2D eigenvalue weighted by molar-refractivity contribution is 7.18. The number of rotatable bonds is 1. The van der Waals surface area contributed by atoms with Crippen molar-refractivity contribution in [3.63, 3.8) is 0 Å². The lowest BCUT2D eigenvalue weighted by molar-refractivity contribution is 0.112. The van der Waals surface area contributed by atoms with Crippen molar-refractivity contribution in [3.05, 3.63) is 28.1 Å². The van der Waals surface area contributed by atoms with Crippen LogP contribution in [0.1, 0.15) is 10.4 Å². The van der Waals surface area contributed by atoms with Crippen LogP contribution in [0.3, 0.4) is 0 Å². The van der Waals surface area contributed by atoms with E-state index in [1.54, 1.807) is 17.5 Å². The van der Waals surface area contributed by atoms with Gasteiger partial charge in [0.15, 0.2) is 6.29 Å². The Labute approximate surface area is 83.9 Å². The summed E-state index contributed by atoms with van der Waals surface area (Å²) < 4.78 is 0.923. The van der Waals surface area contributed by atoms with E-state index in [9.17, 15) is 4.79 Å². The fourth-order valence-electron chi connectivity index (χ4n) is 1.24. The molecule has 1 heterocycles. The Morgan fingerprint density at radius 2 is 2.23 bits per heavy atom. The highest BCUT2D eigenvalue weighted by atomic mass is 35.5. The minimum absolute atomic E-state index is 0.562. The van der Waals surface area contributed by atoms with Crippen LogP contribution in [0.15, 0.2) is 17.5 Å². The predicted molar refractivity (Wildman–Crippen MR) is 56.6 cm³/mol. The second-order valence-corrected chi connectivity index (χ2v) is 4.00. The van der Waals surface area contributed by atoms with Crippen molar-refractivity contribution in [2.45, 2.75) is 0 Å². The van der Waals surface area contributed by atoms with Crippen LogP contribution in [0.4, 0.5) is 5.69 Å². The van der Waals surface area contributed by atoms with Crippen molar-refractivity contribution >= 4 is 45.0 Å². The zero-order chi connectivity index (χ0) is 9.42. The summed E-state index contributed by atoms with van der Waals surface area (Å²) in [4.78, 5) is 10.6. The molecule has 0 aliphatic heterocycles. The van der Waals surface area contributed by atoms with E-state index in [4.69, 9.17) is 17.3 Å². The average Bonchev–Trinajstić information content (AvgIpc) is 2.47. The second kappa shape index (κ2) is 3.01. The van der Waals surface area contributed by atoms with E-state index < -0.39 is 0 Å². The topological polar surface area (TPSA) is 43.1 Å². The van der Waals surface area contributed by atoms with Gasteiger partial charge in [-0.2, -0.15) is 0 Å². The number of anilines is 1. The third kappa shape index (κ3) is 1.30. The number of hydrogen-bond donors (Lipinski definition) is 1. The molecule has 4 heteroatoms. The van der Waals surface area contributed by atoms with Crippen molar-refractivity contribution in [2.24, 2.45) is 0 Å². The molecule has 13 heavy (non-hydrogen) atoms. The summed E-state index contributed by atoms with van der Waals surface area (Å²) >= 11 is 7.28. The Bertz CT molecular complexity index is 478. The predicted octanol–water partition coefficient (Wildman–Crippen LogP) is 2.95. The summed E-state index contributed by atoms with van der Waals surface area (Å²) in [6, 6.07) is 3.45. The van der Waals surface area contributed by atoms with Crippen LogP contribution in [0, 0.1) is 0 Å². The number of aldehydes is 1. The van der Waals surface area contributed by atoms with Gasteiger partial charge >= 0.3 is 0 Å². The van der Waals surface area contributed by atoms with Gasteiger partial charge in [0.2, 0.25) is 0 Å². The minimum Gasteiger partial charge on any atom is -0.398 e. The lowest BCUT2D eigenvalue weighted by Gasteiger charge is -1.97. The van der Waals surface area contributed by atoms with Crippen LogP contribution < -0.4 is 5.73 Å². The normalized spacial score (nSPS) is 10.5. The molecule has 2 aromatic rings. The quantitative estimate of drug-likeness (QED) is 0.582. The number of carbonyl (C=O) groups excluding carboxylic acids is 1. The van der Waals surface area contributed by atoms with E-state index in [1.807, 2.05) is 0 Å². The number of carbonyl (C=O) groups is 1. The van der Waals surface area contributed by atoms with Crippen LogP contribution in [-0.2, 0) is 0 Å². The lowest BCUT2D eigenvalue weighted by Crippen LogP contribution is -1.84. The fourth-order valence-corrected chi connectivity index (χ4v) is 2.39. The average molecular weight is 212 g/mol. The van der Waals surface area contributed by atoms with E-state index >= 15 is 0 Å². The van der Waals surface area contributed by atoms with Gasteiger partial charge in [0, 0.05) is 21.4 Å². The molecular weight excluding hydrogens is 206 g/mol. The zero-order valence-electron chi connectivity index (χ0n) is 6.58. The van der Waals surface area contributed by atoms with Gasteiger partial charge in [0.1, 0.15) is 0 Å². The first kappa shape index (κ1) is 8.53. The maximum atomic E-state index is 10.6. The first-order valence-corrected chi connectivity index (χ1v) is 4.89. The van der Waals surface area contributed by atoms with Gasteiger partial charge in [-0.25, -0.2) is 0 Å². The smallest absolute Gasteiger partial charge is 0.151 e. The van der Waals surface area contributed by atoms with Gasteiger partial charge in [0.25, 0.3) is 0 Å². The first-order chi connectivity index (χ1) is 6.22. The van der Waals surface area contributed by atoms with E-state index in [-0.39, 0.29) is 0 Å². The Balaban J connectivity index is 2.89. The summed E-state index contributed by atoms with van der Waals surface area (Å²) in [6.07, 6.45) is 0.814. The highest BCUT2D eigenvalue weighted by Crippen LogP contribution is 2.32. The molecule has 1 aromatic heterocycles. The van der Waals surface area contributed by atoms with Crippen LogP contribution in [0.5, 0.6) is 0 Å². The van der Waals surface area contributed by atoms with Gasteiger partial charge in [-0.05, 0) is 12.1 Å². The molecule has 1 aromatic carbocycles. The molecule has 0 radical (unpaired) electrons. The van der Waals surface area contributed by atoms with E-state index in [1.165, 1.54) is 11.3 Å². The lowest BCUT2D eigenvalue weighted by atomic mass is 10.2. The van der Waals surface area contributed by atoms with Crippen LogP contribution in [-0.4, -0.2) is 6.29 Å². The third-order valence-electron chi connectivity index (χ3n) is 1.82. The molecule has 66 valence electrons. The largest absolute Gasteiger partial charge is 0.398 e. The van der Waals surface area contributed by atoms with Gasteiger partial charge < -0.3 is 5.73 Å². The SMILES string of the molecule is Nc1cc(Cl)cc2c(C=O)csc12. The molecular formula is C9H6ClNOS. The van der Waals surface area contributed by atoms with Gasteiger partial charge in [-0.1, -0.05) is 11.6 Å². The van der Waals surface area contributed by atoms with Crippen molar-refractivity contribution in [1.82, 2.24) is 0 Å². The maximum absolute atomic E-state index is 10.6. The van der Waals surface area contributed by atoms with Crippen molar-refractivity contribution in [1.29, 1.82) is 0 Å². The Morgan fingerprint density at radius 3 is 2.92 bits per heavy atom. The molecule has 0 unspecified atom stereocenters. The number of nitrogens with two attached hydrogens (primary N) is 1. The molecule has 0 fully saturated rings. The Kier molecular flexibility index (Phi) is 1.98. The van der Waals surface area contributed by atoms with E-state index in [0.29, 0.717) is 16.3 Å². The molecule has 0 atom stereocenters. The van der Waals surface area contributed by atoms with Gasteiger partial charge in [0.05, 0.1) is 10.4 Å². The molecule has 2 N–H and O–H groups in total. The molecule has 0 aliphatic carbocycles. The van der Waals surface area contributed by atoms with Crippen LogP contribution in [0.25, 0.3) is 10.1 Å². The molecule has 0 aliphatic rings. The number of halogens is 1. The second-order valence-electron chi connectivity index (χ2n) is 2.68. The molecule has 2 nitrogen and oxygen atoms in total. The summed E-state index contributed by atoms with van der Waals surface area (Å²) in [7, 11) is 0. The summed E-state index contributed by atoms with van der Waals surface area (Å²) in [5, 5.41) is 3.18. The number of fused-ring (bicyclic) bond motifs is 1. The highest BCUT2D eigenvalue weighted by Gasteiger charge is 2.06. The van der Waals surface area contributed by atoms with Crippen LogP contribution >= 0.6 is 22.9 Å². The number of hydrogen-bond acceptors (Lipinski definition) is 3. The van der Waals surface area contributed by atoms with Gasteiger partial charge in [-0.3, -0.25) is 4.79 Å². The molecule has 0 saturated heterocycles. The first-order valence-electron chi connectivity index (χ1n) is 3.64. The monoisotopic (exact) mass is 211 g/mol. The minimum atomic E-state index is 0.562. The summed E-state index contributed by atoms with van der Waals surface area (Å²) in [5.74, 6) is 0. The molecule has 0 amide bonds. The Morgan fingerprint density at radius 1 is 1.46 bits per heavy atom. The van der Waals surface area contributed by atoms with Crippen LogP contribution in [0.2, 0.25) is 5.02 Å². The van der Waals surface area contributed by atoms with Crippen molar-refractivity contribution < 1.29 is 4.79 Å². The zero-order valence-corrected chi connectivity index (χ0v) is 8.15. The number of nitrogen functional groups attached to an aromatic ring is 1.